The first-order chi connectivity index (χ1) is 7.59. The molecule has 0 spiro atoms. The number of hydrogen-bond donors (Lipinski definition) is 0. The first-order valence-electron chi connectivity index (χ1n) is 4.64. The maximum absolute atomic E-state index is 10.9. The summed E-state index contributed by atoms with van der Waals surface area (Å²) >= 11 is 5.26. The Kier molecular flexibility index (Phi) is 4.79. The lowest BCUT2D eigenvalue weighted by Gasteiger charge is -2.13. The van der Waals surface area contributed by atoms with Gasteiger partial charge in [0.1, 0.15) is 12.4 Å². The van der Waals surface area contributed by atoms with Crippen molar-refractivity contribution in [1.29, 1.82) is 0 Å². The highest BCUT2D eigenvalue weighted by molar-refractivity contribution is 6.64. The molecule has 0 amide bonds. The zero-order valence-corrected chi connectivity index (χ0v) is 9.44. The molecule has 1 atom stereocenters. The number of halogens is 1. The van der Waals surface area contributed by atoms with E-state index in [1.54, 1.807) is 24.3 Å². The maximum Gasteiger partial charge on any atom is 0.303 e. The zero-order valence-electron chi connectivity index (χ0n) is 8.68. The lowest BCUT2D eigenvalue weighted by Crippen LogP contribution is -2.29. The van der Waals surface area contributed by atoms with Crippen LogP contribution in [0.5, 0.6) is 5.75 Å². The van der Waals surface area contributed by atoms with Crippen LogP contribution in [0.15, 0.2) is 30.3 Å². The van der Waals surface area contributed by atoms with Crippen molar-refractivity contribution in [2.45, 2.75) is 13.0 Å². The molecule has 1 unspecified atom stereocenters. The van der Waals surface area contributed by atoms with Crippen molar-refractivity contribution < 1.29 is 19.1 Å². The minimum absolute atomic E-state index is 0.0913. The van der Waals surface area contributed by atoms with Crippen LogP contribution >= 0.6 is 11.6 Å². The highest BCUT2D eigenvalue weighted by atomic mass is 35.5. The quantitative estimate of drug-likeness (QED) is 0.583. The average Bonchev–Trinajstić information content (AvgIpc) is 2.25. The number of para-hydroxylation sites is 1. The summed E-state index contributed by atoms with van der Waals surface area (Å²) in [5, 5.41) is -0.758. The van der Waals surface area contributed by atoms with Crippen LogP contribution in [-0.4, -0.2) is 23.9 Å². The van der Waals surface area contributed by atoms with Gasteiger partial charge in [0.25, 0.3) is 5.24 Å². The number of carbonyl (C=O) groups is 2. The van der Waals surface area contributed by atoms with Crippen molar-refractivity contribution in [3.05, 3.63) is 30.3 Å². The van der Waals surface area contributed by atoms with Crippen LogP contribution in [0.4, 0.5) is 0 Å². The van der Waals surface area contributed by atoms with E-state index in [1.165, 1.54) is 6.92 Å². The summed E-state index contributed by atoms with van der Waals surface area (Å²) in [4.78, 5) is 21.6. The molecule has 0 saturated heterocycles. The summed E-state index contributed by atoms with van der Waals surface area (Å²) in [5.41, 5.74) is 0. The second-order valence-corrected chi connectivity index (χ2v) is 3.40. The number of carbonyl (C=O) groups excluding carboxylic acids is 2. The third-order valence-electron chi connectivity index (χ3n) is 1.71. The van der Waals surface area contributed by atoms with Gasteiger partial charge in [-0.3, -0.25) is 9.59 Å². The lowest BCUT2D eigenvalue weighted by molar-refractivity contribution is -0.152. The largest absolute Gasteiger partial charge is 0.489 e. The van der Waals surface area contributed by atoms with Crippen molar-refractivity contribution in [2.75, 3.05) is 6.61 Å². The molecule has 1 rings (SSSR count). The van der Waals surface area contributed by atoms with E-state index in [9.17, 15) is 9.59 Å². The minimum atomic E-state index is -1.07. The van der Waals surface area contributed by atoms with Gasteiger partial charge in [0.05, 0.1) is 0 Å². The molecular weight excluding hydrogens is 232 g/mol. The highest BCUT2D eigenvalue weighted by Crippen LogP contribution is 2.10. The molecule has 4 nitrogen and oxygen atoms in total. The molecule has 0 aliphatic rings. The minimum Gasteiger partial charge on any atom is -0.489 e. The normalized spacial score (nSPS) is 11.6. The third kappa shape index (κ3) is 4.31. The van der Waals surface area contributed by atoms with E-state index in [0.717, 1.165) is 0 Å². The van der Waals surface area contributed by atoms with Crippen molar-refractivity contribution >= 4 is 22.8 Å². The van der Waals surface area contributed by atoms with Crippen LogP contribution in [0.2, 0.25) is 0 Å². The van der Waals surface area contributed by atoms with E-state index in [-0.39, 0.29) is 6.61 Å². The van der Waals surface area contributed by atoms with E-state index in [2.05, 4.69) is 4.74 Å². The van der Waals surface area contributed by atoms with Crippen molar-refractivity contribution in [2.24, 2.45) is 0 Å². The standard InChI is InChI=1S/C11H11ClO4/c1-8(13)16-10(11(12)14)7-15-9-5-3-2-4-6-9/h2-6,10H,7H2,1H3. The van der Waals surface area contributed by atoms with Crippen LogP contribution in [-0.2, 0) is 14.3 Å². The van der Waals surface area contributed by atoms with Crippen molar-refractivity contribution in [1.82, 2.24) is 0 Å². The van der Waals surface area contributed by atoms with Gasteiger partial charge in [-0.05, 0) is 23.7 Å². The molecule has 0 saturated carbocycles. The topological polar surface area (TPSA) is 52.6 Å². The number of ether oxygens (including phenoxy) is 2. The van der Waals surface area contributed by atoms with Crippen molar-refractivity contribution in [3.8, 4) is 5.75 Å². The number of rotatable bonds is 5. The molecule has 0 N–H and O–H groups in total. The fourth-order valence-electron chi connectivity index (χ4n) is 1.03. The molecule has 0 fully saturated rings. The Balaban J connectivity index is 2.50. The maximum atomic E-state index is 10.9. The van der Waals surface area contributed by atoms with Crippen LogP contribution in [0.25, 0.3) is 0 Å². The Morgan fingerprint density at radius 2 is 1.94 bits per heavy atom. The molecule has 1 aromatic rings. The van der Waals surface area contributed by atoms with Gasteiger partial charge in [0, 0.05) is 6.92 Å². The molecule has 16 heavy (non-hydrogen) atoms. The molecule has 5 heteroatoms. The fourth-order valence-corrected chi connectivity index (χ4v) is 1.14. The Morgan fingerprint density at radius 3 is 2.44 bits per heavy atom. The van der Waals surface area contributed by atoms with Gasteiger partial charge in [0.15, 0.2) is 0 Å². The van der Waals surface area contributed by atoms with Gasteiger partial charge >= 0.3 is 5.97 Å². The predicted octanol–water partition coefficient (Wildman–Crippen LogP) is 1.76. The van der Waals surface area contributed by atoms with Gasteiger partial charge < -0.3 is 9.47 Å². The van der Waals surface area contributed by atoms with Crippen LogP contribution in [0, 0.1) is 0 Å². The van der Waals surface area contributed by atoms with Gasteiger partial charge in [-0.15, -0.1) is 0 Å². The summed E-state index contributed by atoms with van der Waals surface area (Å²) in [5.74, 6) is 0.00762. The number of benzene rings is 1. The van der Waals surface area contributed by atoms with E-state index >= 15 is 0 Å². The molecule has 1 aromatic carbocycles. The second-order valence-electron chi connectivity index (χ2n) is 3.03. The number of esters is 1. The second kappa shape index (κ2) is 6.12. The van der Waals surface area contributed by atoms with Gasteiger partial charge in [0.2, 0.25) is 6.10 Å². The smallest absolute Gasteiger partial charge is 0.303 e. The Hall–Kier alpha value is -1.55. The van der Waals surface area contributed by atoms with Gasteiger partial charge in [-0.2, -0.15) is 0 Å². The van der Waals surface area contributed by atoms with E-state index < -0.39 is 17.3 Å². The molecule has 0 aliphatic heterocycles. The van der Waals surface area contributed by atoms with E-state index in [4.69, 9.17) is 16.3 Å². The van der Waals surface area contributed by atoms with Gasteiger partial charge in [-0.25, -0.2) is 0 Å². The van der Waals surface area contributed by atoms with E-state index in [1.807, 2.05) is 6.07 Å². The molecule has 86 valence electrons. The van der Waals surface area contributed by atoms with Crippen LogP contribution < -0.4 is 4.74 Å². The lowest BCUT2D eigenvalue weighted by atomic mass is 10.3. The summed E-state index contributed by atoms with van der Waals surface area (Å²) in [6.45, 7) is 1.11. The monoisotopic (exact) mass is 242 g/mol. The summed E-state index contributed by atoms with van der Waals surface area (Å²) < 4.78 is 9.94. The highest BCUT2D eigenvalue weighted by Gasteiger charge is 2.20. The molecule has 0 bridgehead atoms. The van der Waals surface area contributed by atoms with Crippen LogP contribution in [0.3, 0.4) is 0 Å². The molecule has 0 aliphatic carbocycles. The SMILES string of the molecule is CC(=O)OC(COc1ccccc1)C(=O)Cl. The Labute approximate surface area is 98.1 Å². The van der Waals surface area contributed by atoms with Crippen molar-refractivity contribution in [3.63, 3.8) is 0 Å². The predicted molar refractivity (Wildman–Crippen MR) is 58.4 cm³/mol. The van der Waals surface area contributed by atoms with Gasteiger partial charge in [-0.1, -0.05) is 18.2 Å². The van der Waals surface area contributed by atoms with E-state index in [0.29, 0.717) is 5.75 Å². The van der Waals surface area contributed by atoms with Crippen LogP contribution in [0.1, 0.15) is 6.92 Å². The zero-order chi connectivity index (χ0) is 12.0. The average molecular weight is 243 g/mol. The fraction of sp³-hybridized carbons (Fsp3) is 0.273. The molecule has 0 aromatic heterocycles. The Morgan fingerprint density at radius 1 is 1.31 bits per heavy atom. The Bertz CT molecular complexity index is 364. The third-order valence-corrected chi connectivity index (χ3v) is 1.95. The summed E-state index contributed by atoms with van der Waals surface area (Å²) in [6.07, 6.45) is -1.07. The first-order valence-corrected chi connectivity index (χ1v) is 5.02. The number of hydrogen-bond acceptors (Lipinski definition) is 4. The first kappa shape index (κ1) is 12.5. The summed E-state index contributed by atoms with van der Waals surface area (Å²) in [6, 6.07) is 8.87. The molecule has 0 heterocycles. The molecular formula is C11H11ClO4. The summed E-state index contributed by atoms with van der Waals surface area (Å²) in [7, 11) is 0. The molecule has 0 radical (unpaired) electrons.